The third kappa shape index (κ3) is 46.2. The van der Waals surface area contributed by atoms with Gasteiger partial charge in [0.1, 0.15) is 78.0 Å². The minimum atomic E-state index is -1.88. The van der Waals surface area contributed by atoms with Crippen molar-refractivity contribution in [2.75, 3.05) is 52.4 Å². The van der Waals surface area contributed by atoms with Crippen LogP contribution in [0.1, 0.15) is 156 Å². The molecular weight excluding hydrogens is 1740 g/mol. The van der Waals surface area contributed by atoms with Crippen LogP contribution in [0, 0.1) is 16.7 Å². The minimum absolute atomic E-state index is 0. The van der Waals surface area contributed by atoms with Gasteiger partial charge >= 0.3 is 0 Å². The number of guanidine groups is 2. The predicted molar refractivity (Wildman–Crippen MR) is 480 cm³/mol. The Morgan fingerprint density at radius 2 is 0.802 bits per heavy atom. The van der Waals surface area contributed by atoms with Gasteiger partial charge in [-0.3, -0.25) is 102 Å². The molecule has 2 rings (SSSR count). The highest BCUT2D eigenvalue weighted by molar-refractivity contribution is 6.02. The van der Waals surface area contributed by atoms with Gasteiger partial charge in [-0.15, -0.1) is 12.4 Å². The Bertz CT molecular complexity index is 4160. The first-order chi connectivity index (χ1) is 61.3. The molecule has 38 N–H and O–H groups in total. The highest BCUT2D eigenvalue weighted by atomic mass is 35.5. The number of amides is 19. The Labute approximate surface area is 764 Å². The monoisotopic (exact) mass is 1870 g/mol. The summed E-state index contributed by atoms with van der Waals surface area (Å²) in [6.45, 7) is 6.79. The Balaban J connectivity index is 0.0000858. The number of primary amides is 3. The van der Waals surface area contributed by atoms with Crippen LogP contribution in [0.4, 0.5) is 0 Å². The molecule has 0 heterocycles. The molecule has 0 fully saturated rings. The van der Waals surface area contributed by atoms with Gasteiger partial charge in [0.25, 0.3) is 0 Å². The van der Waals surface area contributed by atoms with Gasteiger partial charge in [-0.2, -0.15) is 0 Å². The topological polar surface area (TPSA) is 837 Å². The van der Waals surface area contributed by atoms with E-state index < -0.39 is 247 Å². The zero-order chi connectivity index (χ0) is 97.9. The first-order valence-corrected chi connectivity index (χ1v) is 42.6. The van der Waals surface area contributed by atoms with E-state index in [1.807, 2.05) is 0 Å². The zero-order valence-corrected chi connectivity index (χ0v) is 75.6. The average molecular weight is 1870 g/mol. The van der Waals surface area contributed by atoms with Crippen molar-refractivity contribution in [3.63, 3.8) is 0 Å². The van der Waals surface area contributed by atoms with E-state index in [-0.39, 0.29) is 134 Å². The van der Waals surface area contributed by atoms with Crippen LogP contribution in [-0.2, 0) is 104 Å². The standard InChI is InChI=1S/C81H134N28O21.ClH/c1-8-81(7,109-63(116)41-96-77(129)64(46(6)111)108-75(127)56(37-48-23-13-10-14-24-48)99-62(115)40-94-61(114)39-95-68(120)49(84)36-47-21-11-9-12-22-47)78(130)107-54(28-20-34-93-80(90)91)72(124)103-52(26-16-18-32-83)71(123)106-58(42-110)76(128)98-44(4)66(118)101-53(27-19-33-92-79(88)89)69(121)102-51(25-15-17-31-82)70(122)105-55(35-43(2)3)73(125)97-45(5)67(119)104-57(38-60(86)113)74(126)100-50(65(87)117)29-30-59(85)112;/h9-14,21-24,43-46,49-58,64,110-111H,8,15-20,25-42,82-84H2,1-7H3,(H2,85,112)(H2,86,113)(H2,87,117)(H,94,114)(H,95,120)(H,96,129)(H,97,125)(H,98,128)(H,99,115)(H,100,126)(H,101,118)(H,102,121)(H,103,124)(H,104,119)(H,105,122)(H,106,123)(H,107,130)(H,108,127)(H,109,116)(H4,88,89,92)(H4,90,91,93);1H/t44-,45-,46+,49-,50-,51-,52-,53-,54-,55-,56-,57-,58-,64-,81-;/m0./s1. The fraction of sp³-hybridized carbons (Fsp3) is 0.593. The lowest BCUT2D eigenvalue weighted by Gasteiger charge is -2.31. The summed E-state index contributed by atoms with van der Waals surface area (Å²) in [5.74, 6) is -19.7. The van der Waals surface area contributed by atoms with Gasteiger partial charge in [-0.1, -0.05) is 81.4 Å². The van der Waals surface area contributed by atoms with E-state index in [1.54, 1.807) is 74.5 Å². The van der Waals surface area contributed by atoms with Gasteiger partial charge < -0.3 is 152 Å². The van der Waals surface area contributed by atoms with Gasteiger partial charge in [-0.05, 0) is 148 Å². The van der Waals surface area contributed by atoms with Crippen LogP contribution in [0.2, 0.25) is 0 Å². The van der Waals surface area contributed by atoms with Crippen LogP contribution < -0.4 is 142 Å². The molecule has 0 unspecified atom stereocenters. The van der Waals surface area contributed by atoms with Gasteiger partial charge in [-0.25, -0.2) is 0 Å². The Kier molecular flexibility index (Phi) is 54.5. The third-order valence-corrected chi connectivity index (χ3v) is 20.0. The highest BCUT2D eigenvalue weighted by Crippen LogP contribution is 2.16. The summed E-state index contributed by atoms with van der Waals surface area (Å²) >= 11 is 0. The van der Waals surface area contributed by atoms with Crippen LogP contribution >= 0.6 is 12.4 Å². The van der Waals surface area contributed by atoms with Crippen molar-refractivity contribution < 1.29 is 101 Å². The summed E-state index contributed by atoms with van der Waals surface area (Å²) in [6.07, 6.45) is -2.90. The fourth-order valence-electron chi connectivity index (χ4n) is 12.4. The maximum atomic E-state index is 14.5. The summed E-state index contributed by atoms with van der Waals surface area (Å²) < 4.78 is 0. The number of carbonyl (C=O) groups excluding carboxylic acids is 19. The first kappa shape index (κ1) is 116. The molecule has 49 nitrogen and oxygen atoms in total. The molecule has 2 aromatic rings. The molecule has 0 saturated heterocycles. The molecule has 50 heteroatoms. The lowest BCUT2D eigenvalue weighted by Crippen LogP contribution is -2.63. The van der Waals surface area contributed by atoms with E-state index in [0.29, 0.717) is 18.4 Å². The van der Waals surface area contributed by atoms with Crippen molar-refractivity contribution in [3.8, 4) is 0 Å². The van der Waals surface area contributed by atoms with Crippen LogP contribution in [0.15, 0.2) is 60.7 Å². The molecule has 0 radical (unpaired) electrons. The summed E-state index contributed by atoms with van der Waals surface area (Å²) in [7, 11) is 0. The molecule has 0 aliphatic rings. The highest BCUT2D eigenvalue weighted by Gasteiger charge is 2.40. The van der Waals surface area contributed by atoms with E-state index in [1.165, 1.54) is 27.7 Å². The number of nitrogens with one attached hydrogen (secondary N) is 20. The Hall–Kier alpha value is -13.0. The van der Waals surface area contributed by atoms with Crippen LogP contribution in [0.3, 0.4) is 0 Å². The van der Waals surface area contributed by atoms with Gasteiger partial charge in [0, 0.05) is 25.9 Å². The summed E-state index contributed by atoms with van der Waals surface area (Å²) in [5.41, 5.74) is 43.9. The molecule has 0 aliphatic carbocycles. The molecule has 0 bridgehead atoms. The SMILES string of the molecule is CC[C@](C)(NC(=O)CNC(=O)[C@@H](NC(=O)[C@H](Cc1ccccc1)NC(=O)CNC(=O)CNC(=O)[C@@H](N)Cc1ccccc1)[C@@H](C)O)C(=O)N[C@@H](CCCNC(=N)N)C(=O)N[C@@H](CCCCN)C(=O)N[C@@H](CO)C(=O)N[C@@H](C)C(=O)N[C@@H](CCCNC(=N)N)C(=O)N[C@@H](CCCCN)C(=O)N[C@@H](CC(C)C)C(=O)N[C@@H](C)C(=O)N[C@@H](CC(N)=O)C(=O)N[C@@H](CCC(N)=O)C(N)=O.Cl. The predicted octanol–water partition coefficient (Wildman–Crippen LogP) is -10.5. The third-order valence-electron chi connectivity index (χ3n) is 20.0. The smallest absolute Gasteiger partial charge is 0.246 e. The molecule has 0 aromatic heterocycles. The number of rotatable bonds is 63. The number of unbranched alkanes of at least 4 members (excludes halogenated alkanes) is 2. The number of halogens is 1. The van der Waals surface area contributed by atoms with Crippen molar-refractivity contribution in [3.05, 3.63) is 71.8 Å². The number of hydrogen-bond donors (Lipinski definition) is 30. The Morgan fingerprint density at radius 1 is 0.405 bits per heavy atom. The molecule has 0 saturated carbocycles. The first-order valence-electron chi connectivity index (χ1n) is 42.6. The minimum Gasteiger partial charge on any atom is -0.394 e. The van der Waals surface area contributed by atoms with Crippen molar-refractivity contribution >= 4 is 137 Å². The van der Waals surface area contributed by atoms with Crippen LogP contribution in [0.5, 0.6) is 0 Å². The van der Waals surface area contributed by atoms with E-state index in [0.717, 1.165) is 12.5 Å². The summed E-state index contributed by atoms with van der Waals surface area (Å²) in [5, 5.41) is 80.8. The van der Waals surface area contributed by atoms with Crippen LogP contribution in [0.25, 0.3) is 0 Å². The Morgan fingerprint density at radius 3 is 1.24 bits per heavy atom. The van der Waals surface area contributed by atoms with Gasteiger partial charge in [0.15, 0.2) is 11.9 Å². The van der Waals surface area contributed by atoms with E-state index in [4.69, 9.17) is 56.7 Å². The number of benzene rings is 2. The number of aliphatic hydroxyl groups excluding tert-OH is 2. The van der Waals surface area contributed by atoms with E-state index >= 15 is 0 Å². The van der Waals surface area contributed by atoms with E-state index in [2.05, 4.69) is 95.7 Å². The van der Waals surface area contributed by atoms with Crippen molar-refractivity contribution in [2.45, 2.75) is 248 Å². The molecule has 0 aliphatic heterocycles. The average Bonchev–Trinajstić information content (AvgIpc) is 0.862. The summed E-state index contributed by atoms with van der Waals surface area (Å²) in [4.78, 5) is 257. The van der Waals surface area contributed by atoms with Crippen molar-refractivity contribution in [2.24, 2.45) is 51.8 Å². The number of aliphatic hydroxyl groups is 2. The number of carbonyl (C=O) groups is 19. The molecule has 131 heavy (non-hydrogen) atoms. The van der Waals surface area contributed by atoms with Gasteiger partial charge in [0.05, 0.1) is 44.8 Å². The maximum Gasteiger partial charge on any atom is 0.246 e. The molecule has 0 spiro atoms. The fourth-order valence-corrected chi connectivity index (χ4v) is 12.4. The largest absolute Gasteiger partial charge is 0.394 e. The zero-order valence-electron chi connectivity index (χ0n) is 74.8. The second-order valence-corrected chi connectivity index (χ2v) is 31.6. The molecular formula is C81H135ClN28O21. The maximum absolute atomic E-state index is 14.5. The molecule has 15 atom stereocenters. The van der Waals surface area contributed by atoms with Gasteiger partial charge in [0.2, 0.25) is 112 Å². The van der Waals surface area contributed by atoms with E-state index in [9.17, 15) is 101 Å². The summed E-state index contributed by atoms with van der Waals surface area (Å²) in [6, 6.07) is -2.53. The molecule has 2 aromatic carbocycles. The van der Waals surface area contributed by atoms with Crippen molar-refractivity contribution in [1.82, 2.24) is 95.7 Å². The number of hydrogen-bond acceptors (Lipinski definition) is 26. The normalized spacial score (nSPS) is 14.5. The second-order valence-electron chi connectivity index (χ2n) is 31.6. The lowest BCUT2D eigenvalue weighted by molar-refractivity contribution is -0.137. The number of nitrogens with two attached hydrogens (primary N) is 8. The molecule has 19 amide bonds. The lowest BCUT2D eigenvalue weighted by atomic mass is 9.96. The second kappa shape index (κ2) is 61.5. The quantitative estimate of drug-likeness (QED) is 0.0166. The molecule has 732 valence electrons. The van der Waals surface area contributed by atoms with Crippen LogP contribution in [-0.4, -0.2) is 277 Å². The van der Waals surface area contributed by atoms with Crippen molar-refractivity contribution in [1.29, 1.82) is 10.8 Å².